The molecule has 1 aliphatic heterocycles. The number of hydrogen-bond donors (Lipinski definition) is 1. The molecule has 0 saturated carbocycles. The smallest absolute Gasteiger partial charge is 0.415 e. The van der Waals surface area contributed by atoms with Crippen molar-refractivity contribution in [1.29, 1.82) is 0 Å². The lowest BCUT2D eigenvalue weighted by molar-refractivity contribution is 0.0366. The summed E-state index contributed by atoms with van der Waals surface area (Å²) in [5, 5.41) is 3.11. The summed E-state index contributed by atoms with van der Waals surface area (Å²) in [6.07, 6.45) is 0.401. The SMILES string of the molecule is CC(C)(C)OC(=O)N1CCCNCCC1=S(=O)=O. The number of ether oxygens (including phenoxy) is 1. The van der Waals surface area contributed by atoms with Crippen LogP contribution in [0.25, 0.3) is 0 Å². The fourth-order valence-electron chi connectivity index (χ4n) is 1.63. The second kappa shape index (κ2) is 6.19. The van der Waals surface area contributed by atoms with Crippen LogP contribution in [-0.4, -0.2) is 49.6 Å². The van der Waals surface area contributed by atoms with Crippen molar-refractivity contribution < 1.29 is 17.9 Å². The molecule has 1 saturated heterocycles. The predicted molar refractivity (Wildman–Crippen MR) is 69.0 cm³/mol. The van der Waals surface area contributed by atoms with Crippen LogP contribution in [0.3, 0.4) is 0 Å². The van der Waals surface area contributed by atoms with Crippen molar-refractivity contribution in [2.24, 2.45) is 0 Å². The standard InChI is InChI=1S/C11H20N2O4S/c1-11(2,3)17-10(14)13-8-4-6-12-7-5-9(13)18(15)16/h12H,4-8H2,1-3H3. The zero-order valence-corrected chi connectivity index (χ0v) is 11.8. The van der Waals surface area contributed by atoms with E-state index in [4.69, 9.17) is 4.74 Å². The van der Waals surface area contributed by atoms with Crippen molar-refractivity contribution in [3.05, 3.63) is 0 Å². The molecule has 1 rings (SSSR count). The summed E-state index contributed by atoms with van der Waals surface area (Å²) < 4.78 is 27.6. The molecule has 0 radical (unpaired) electrons. The van der Waals surface area contributed by atoms with E-state index in [0.717, 1.165) is 6.54 Å². The number of carbonyl (C=O) groups is 1. The molecule has 0 unspecified atom stereocenters. The highest BCUT2D eigenvalue weighted by atomic mass is 32.2. The Bertz CT molecular complexity index is 428. The molecule has 1 N–H and O–H groups in total. The first kappa shape index (κ1) is 15.0. The minimum atomic E-state index is -2.40. The molecule has 7 heteroatoms. The normalized spacial score (nSPS) is 17.9. The average Bonchev–Trinajstić information content (AvgIpc) is 2.12. The van der Waals surface area contributed by atoms with E-state index in [0.29, 0.717) is 25.9 Å². The quantitative estimate of drug-likeness (QED) is 0.656. The van der Waals surface area contributed by atoms with Gasteiger partial charge in [-0.15, -0.1) is 0 Å². The van der Waals surface area contributed by atoms with E-state index in [9.17, 15) is 13.2 Å². The molecule has 6 nitrogen and oxygen atoms in total. The Morgan fingerprint density at radius 3 is 2.56 bits per heavy atom. The molecular weight excluding hydrogens is 256 g/mol. The van der Waals surface area contributed by atoms with E-state index < -0.39 is 22.0 Å². The van der Waals surface area contributed by atoms with Crippen molar-refractivity contribution in [1.82, 2.24) is 10.2 Å². The van der Waals surface area contributed by atoms with Gasteiger partial charge in [0.2, 0.25) is 10.3 Å². The number of hydrogen-bond acceptors (Lipinski definition) is 5. The highest BCUT2D eigenvalue weighted by Gasteiger charge is 2.26. The van der Waals surface area contributed by atoms with Crippen LogP contribution in [0.15, 0.2) is 0 Å². The Kier molecular flexibility index (Phi) is 5.15. The van der Waals surface area contributed by atoms with Gasteiger partial charge in [-0.1, -0.05) is 0 Å². The first-order valence-electron chi connectivity index (χ1n) is 5.97. The molecule has 1 aliphatic rings. The van der Waals surface area contributed by atoms with Gasteiger partial charge in [0.1, 0.15) is 10.6 Å². The number of rotatable bonds is 0. The van der Waals surface area contributed by atoms with Crippen LogP contribution in [0.2, 0.25) is 0 Å². The fraction of sp³-hybridized carbons (Fsp3) is 0.818. The van der Waals surface area contributed by atoms with Crippen LogP contribution < -0.4 is 5.32 Å². The zero-order chi connectivity index (χ0) is 13.8. The third kappa shape index (κ3) is 4.66. The number of amides is 1. The number of nitrogens with zero attached hydrogens (tertiary/aromatic N) is 1. The summed E-state index contributed by atoms with van der Waals surface area (Å²) in [6.45, 7) is 6.92. The highest BCUT2D eigenvalue weighted by molar-refractivity contribution is 7.72. The Labute approximate surface area is 109 Å². The van der Waals surface area contributed by atoms with Gasteiger partial charge in [-0.25, -0.2) is 4.79 Å². The van der Waals surface area contributed by atoms with Gasteiger partial charge in [-0.2, -0.15) is 8.42 Å². The molecule has 0 spiro atoms. The number of carbonyl (C=O) groups excluding carboxylic acids is 1. The van der Waals surface area contributed by atoms with Gasteiger partial charge in [0.25, 0.3) is 0 Å². The minimum absolute atomic E-state index is 0.0939. The Morgan fingerprint density at radius 1 is 1.33 bits per heavy atom. The molecule has 18 heavy (non-hydrogen) atoms. The molecule has 0 aromatic rings. The van der Waals surface area contributed by atoms with E-state index in [2.05, 4.69) is 5.32 Å². The molecular formula is C11H20N2O4S. The molecule has 1 amide bonds. The summed E-state index contributed by atoms with van der Waals surface area (Å²) in [4.78, 5) is 13.3. The van der Waals surface area contributed by atoms with Gasteiger partial charge in [-0.05, 0) is 33.7 Å². The average molecular weight is 276 g/mol. The summed E-state index contributed by atoms with van der Waals surface area (Å²) >= 11 is 0. The van der Waals surface area contributed by atoms with Crippen molar-refractivity contribution >= 4 is 21.4 Å². The number of nitrogens with one attached hydrogen (secondary N) is 1. The summed E-state index contributed by atoms with van der Waals surface area (Å²) in [7, 11) is -2.40. The van der Waals surface area contributed by atoms with Crippen LogP contribution in [0.5, 0.6) is 0 Å². The van der Waals surface area contributed by atoms with E-state index in [1.54, 1.807) is 20.8 Å². The Morgan fingerprint density at radius 2 is 2.00 bits per heavy atom. The van der Waals surface area contributed by atoms with Gasteiger partial charge < -0.3 is 10.1 Å². The van der Waals surface area contributed by atoms with E-state index in [1.165, 1.54) is 4.90 Å². The van der Waals surface area contributed by atoms with Crippen molar-refractivity contribution in [3.8, 4) is 0 Å². The van der Waals surface area contributed by atoms with Crippen LogP contribution >= 0.6 is 0 Å². The largest absolute Gasteiger partial charge is 0.443 e. The maximum atomic E-state index is 12.0. The van der Waals surface area contributed by atoms with Crippen molar-refractivity contribution in [3.63, 3.8) is 0 Å². The molecule has 1 fully saturated rings. The summed E-state index contributed by atoms with van der Waals surface area (Å²) in [6, 6.07) is 0. The molecule has 0 bridgehead atoms. The Balaban J connectivity index is 2.92. The van der Waals surface area contributed by atoms with Gasteiger partial charge in [0.15, 0.2) is 0 Å². The fourth-order valence-corrected chi connectivity index (χ4v) is 2.24. The third-order valence-electron chi connectivity index (χ3n) is 2.36. The first-order chi connectivity index (χ1) is 8.31. The maximum absolute atomic E-state index is 12.0. The lowest BCUT2D eigenvalue weighted by Gasteiger charge is -2.28. The van der Waals surface area contributed by atoms with E-state index >= 15 is 0 Å². The second-order valence-corrected chi connectivity index (χ2v) is 6.05. The van der Waals surface area contributed by atoms with Crippen LogP contribution in [0.4, 0.5) is 4.79 Å². The van der Waals surface area contributed by atoms with Crippen LogP contribution in [0, 0.1) is 0 Å². The lowest BCUT2D eigenvalue weighted by Crippen LogP contribution is -2.45. The zero-order valence-electron chi connectivity index (χ0n) is 11.0. The summed E-state index contributed by atoms with van der Waals surface area (Å²) in [5.41, 5.74) is -0.632. The lowest BCUT2D eigenvalue weighted by atomic mass is 10.2. The van der Waals surface area contributed by atoms with Crippen LogP contribution in [0.1, 0.15) is 33.6 Å². The Hall–Kier alpha value is -1.08. The van der Waals surface area contributed by atoms with E-state index in [1.807, 2.05) is 0 Å². The van der Waals surface area contributed by atoms with Gasteiger partial charge in [0.05, 0.1) is 0 Å². The van der Waals surface area contributed by atoms with Crippen molar-refractivity contribution in [2.75, 3.05) is 19.6 Å². The van der Waals surface area contributed by atoms with Gasteiger partial charge in [0, 0.05) is 19.5 Å². The molecule has 1 heterocycles. The molecule has 0 aromatic heterocycles. The van der Waals surface area contributed by atoms with Gasteiger partial charge in [-0.3, -0.25) is 4.90 Å². The van der Waals surface area contributed by atoms with Gasteiger partial charge >= 0.3 is 6.09 Å². The molecule has 104 valence electrons. The molecule has 0 atom stereocenters. The summed E-state index contributed by atoms with van der Waals surface area (Å²) in [5.74, 6) is 0. The van der Waals surface area contributed by atoms with E-state index in [-0.39, 0.29) is 4.99 Å². The monoisotopic (exact) mass is 276 g/mol. The molecule has 0 aromatic carbocycles. The van der Waals surface area contributed by atoms with Crippen LogP contribution in [-0.2, 0) is 15.0 Å². The second-order valence-electron chi connectivity index (χ2n) is 5.11. The third-order valence-corrected chi connectivity index (χ3v) is 3.17. The molecule has 0 aliphatic carbocycles. The minimum Gasteiger partial charge on any atom is -0.443 e. The predicted octanol–water partition coefficient (Wildman–Crippen LogP) is 0.616. The highest BCUT2D eigenvalue weighted by Crippen LogP contribution is 2.12. The first-order valence-corrected chi connectivity index (χ1v) is 7.05. The van der Waals surface area contributed by atoms with Crippen molar-refractivity contribution in [2.45, 2.75) is 39.2 Å². The maximum Gasteiger partial charge on any atom is 0.415 e. The topological polar surface area (TPSA) is 75.7 Å².